The highest BCUT2D eigenvalue weighted by Gasteiger charge is 2.18. The van der Waals surface area contributed by atoms with Crippen LogP contribution < -0.4 is 9.46 Å². The summed E-state index contributed by atoms with van der Waals surface area (Å²) in [5.41, 5.74) is 0. The Labute approximate surface area is 118 Å². The van der Waals surface area contributed by atoms with E-state index in [9.17, 15) is 8.42 Å². The molecule has 102 valence electrons. The van der Waals surface area contributed by atoms with E-state index >= 15 is 0 Å². The molecule has 19 heavy (non-hydrogen) atoms. The van der Waals surface area contributed by atoms with Gasteiger partial charge in [-0.15, -0.1) is 0 Å². The smallest absolute Gasteiger partial charge is 0.335 e. The van der Waals surface area contributed by atoms with E-state index in [0.717, 1.165) is 0 Å². The van der Waals surface area contributed by atoms with E-state index in [0.29, 0.717) is 16.0 Å². The first-order chi connectivity index (χ1) is 8.92. The molecular weight excluding hydrogens is 338 g/mol. The number of methoxy groups -OCH3 is 1. The average Bonchev–Trinajstić information content (AvgIpc) is 2.73. The van der Waals surface area contributed by atoms with E-state index < -0.39 is 10.0 Å². The molecule has 2 aromatic rings. The van der Waals surface area contributed by atoms with Crippen molar-refractivity contribution in [1.82, 2.24) is 10.1 Å². The molecule has 0 fully saturated rings. The second-order valence-electron chi connectivity index (χ2n) is 3.55. The Morgan fingerprint density at radius 1 is 1.42 bits per heavy atom. The molecule has 0 unspecified atom stereocenters. The zero-order chi connectivity index (χ0) is 14.0. The van der Waals surface area contributed by atoms with Crippen molar-refractivity contribution in [2.75, 3.05) is 11.8 Å². The summed E-state index contributed by atoms with van der Waals surface area (Å²) in [4.78, 5) is 3.82. The summed E-state index contributed by atoms with van der Waals surface area (Å²) >= 11 is 3.22. The van der Waals surface area contributed by atoms with E-state index in [1.165, 1.54) is 25.3 Å². The summed E-state index contributed by atoms with van der Waals surface area (Å²) in [7, 11) is -2.29. The van der Waals surface area contributed by atoms with E-state index in [4.69, 9.17) is 9.26 Å². The zero-order valence-corrected chi connectivity index (χ0v) is 12.4. The first kappa shape index (κ1) is 13.8. The second-order valence-corrected chi connectivity index (χ2v) is 6.09. The third kappa shape index (κ3) is 3.04. The minimum Gasteiger partial charge on any atom is -0.496 e. The van der Waals surface area contributed by atoms with Crippen molar-refractivity contribution in [3.05, 3.63) is 28.5 Å². The van der Waals surface area contributed by atoms with Gasteiger partial charge in [-0.05, 0) is 41.1 Å². The Kier molecular flexibility index (Phi) is 3.76. The molecule has 0 spiro atoms. The number of aromatic nitrogens is 2. The van der Waals surface area contributed by atoms with E-state index in [1.54, 1.807) is 6.92 Å². The molecule has 1 heterocycles. The largest absolute Gasteiger partial charge is 0.496 e. The number of nitrogens with one attached hydrogen (secondary N) is 1. The van der Waals surface area contributed by atoms with Crippen LogP contribution in [0.25, 0.3) is 0 Å². The van der Waals surface area contributed by atoms with Crippen LogP contribution in [0.15, 0.2) is 32.1 Å². The molecule has 0 radical (unpaired) electrons. The van der Waals surface area contributed by atoms with Crippen LogP contribution in [0, 0.1) is 6.92 Å². The molecule has 0 aliphatic carbocycles. The Hall–Kier alpha value is -1.61. The van der Waals surface area contributed by atoms with Gasteiger partial charge in [0.05, 0.1) is 16.5 Å². The average molecular weight is 348 g/mol. The van der Waals surface area contributed by atoms with Crippen LogP contribution >= 0.6 is 15.9 Å². The van der Waals surface area contributed by atoms with Gasteiger partial charge in [0, 0.05) is 0 Å². The molecule has 0 saturated carbocycles. The number of ether oxygens (including phenoxy) is 1. The van der Waals surface area contributed by atoms with Crippen LogP contribution in [0.4, 0.5) is 6.01 Å². The van der Waals surface area contributed by atoms with Gasteiger partial charge in [-0.3, -0.25) is 0 Å². The maximum atomic E-state index is 12.1. The zero-order valence-electron chi connectivity index (χ0n) is 10.0. The fourth-order valence-electron chi connectivity index (χ4n) is 1.33. The van der Waals surface area contributed by atoms with Crippen molar-refractivity contribution in [2.45, 2.75) is 11.8 Å². The maximum absolute atomic E-state index is 12.1. The van der Waals surface area contributed by atoms with Crippen molar-refractivity contribution in [3.63, 3.8) is 0 Å². The highest BCUT2D eigenvalue weighted by Crippen LogP contribution is 2.28. The molecule has 0 atom stereocenters. The van der Waals surface area contributed by atoms with Crippen LogP contribution in [0.1, 0.15) is 5.82 Å². The van der Waals surface area contributed by atoms with Gasteiger partial charge in [0.25, 0.3) is 10.0 Å². The molecule has 1 N–H and O–H groups in total. The molecule has 0 saturated heterocycles. The predicted molar refractivity (Wildman–Crippen MR) is 70.5 cm³/mol. The lowest BCUT2D eigenvalue weighted by Crippen LogP contribution is -2.13. The summed E-state index contributed by atoms with van der Waals surface area (Å²) in [6.07, 6.45) is 0. The van der Waals surface area contributed by atoms with Crippen molar-refractivity contribution in [1.29, 1.82) is 0 Å². The number of anilines is 1. The minimum absolute atomic E-state index is 0.0519. The number of halogens is 1. The third-order valence-corrected chi connectivity index (χ3v) is 4.12. The van der Waals surface area contributed by atoms with E-state index in [1.807, 2.05) is 0 Å². The van der Waals surface area contributed by atoms with Gasteiger partial charge in [-0.2, -0.15) is 4.98 Å². The Bertz CT molecular complexity index is 699. The van der Waals surface area contributed by atoms with Gasteiger partial charge in [-0.25, -0.2) is 13.1 Å². The SMILES string of the molecule is COc1ccc(S(=O)(=O)Nc2nc(C)no2)cc1Br. The molecule has 9 heteroatoms. The number of hydrogen-bond acceptors (Lipinski definition) is 6. The Morgan fingerprint density at radius 2 is 2.16 bits per heavy atom. The number of aryl methyl sites for hydroxylation is 1. The minimum atomic E-state index is -3.78. The highest BCUT2D eigenvalue weighted by molar-refractivity contribution is 9.10. The molecule has 7 nitrogen and oxygen atoms in total. The van der Waals surface area contributed by atoms with Gasteiger partial charge >= 0.3 is 6.01 Å². The summed E-state index contributed by atoms with van der Waals surface area (Å²) in [5.74, 6) is 0.876. The lowest BCUT2D eigenvalue weighted by atomic mass is 10.3. The van der Waals surface area contributed by atoms with Crippen LogP contribution in [-0.2, 0) is 10.0 Å². The topological polar surface area (TPSA) is 94.3 Å². The van der Waals surface area contributed by atoms with Crippen molar-refractivity contribution in [3.8, 4) is 5.75 Å². The quantitative estimate of drug-likeness (QED) is 0.908. The van der Waals surface area contributed by atoms with Crippen LogP contribution in [-0.4, -0.2) is 25.7 Å². The van der Waals surface area contributed by atoms with Crippen LogP contribution in [0.2, 0.25) is 0 Å². The molecule has 0 aliphatic heterocycles. The molecule has 0 bridgehead atoms. The molecule has 0 aliphatic rings. The van der Waals surface area contributed by atoms with Crippen molar-refractivity contribution in [2.24, 2.45) is 0 Å². The summed E-state index contributed by atoms with van der Waals surface area (Å²) in [5, 5.41) is 3.50. The van der Waals surface area contributed by atoms with Gasteiger partial charge in [0.1, 0.15) is 5.75 Å². The molecule has 2 rings (SSSR count). The van der Waals surface area contributed by atoms with Gasteiger partial charge < -0.3 is 9.26 Å². The number of benzene rings is 1. The predicted octanol–water partition coefficient (Wildman–Crippen LogP) is 1.95. The van der Waals surface area contributed by atoms with E-state index in [2.05, 4.69) is 30.8 Å². The number of nitrogens with zero attached hydrogens (tertiary/aromatic N) is 2. The third-order valence-electron chi connectivity index (χ3n) is 2.18. The fraction of sp³-hybridized carbons (Fsp3) is 0.200. The van der Waals surface area contributed by atoms with E-state index in [-0.39, 0.29) is 10.9 Å². The van der Waals surface area contributed by atoms with Crippen LogP contribution in [0.3, 0.4) is 0 Å². The molecule has 1 aromatic carbocycles. The molecule has 1 aromatic heterocycles. The van der Waals surface area contributed by atoms with Gasteiger partial charge in [0.15, 0.2) is 5.82 Å². The maximum Gasteiger partial charge on any atom is 0.335 e. The van der Waals surface area contributed by atoms with Crippen LogP contribution in [0.5, 0.6) is 5.75 Å². The number of hydrogen-bond donors (Lipinski definition) is 1. The molecular formula is C10H10BrN3O4S. The first-order valence-corrected chi connectivity index (χ1v) is 7.36. The summed E-state index contributed by atoms with van der Waals surface area (Å²) in [6, 6.07) is 4.20. The lowest BCUT2D eigenvalue weighted by Gasteiger charge is -2.07. The molecule has 0 amide bonds. The Morgan fingerprint density at radius 3 is 2.68 bits per heavy atom. The normalized spacial score (nSPS) is 11.3. The standard InChI is InChI=1S/C10H10BrN3O4S/c1-6-12-10(18-13-6)14-19(15,16)7-3-4-9(17-2)8(11)5-7/h3-5H,1-2H3,(H,12,13,14). The van der Waals surface area contributed by atoms with Crippen molar-refractivity contribution < 1.29 is 17.7 Å². The monoisotopic (exact) mass is 347 g/mol. The summed E-state index contributed by atoms with van der Waals surface area (Å²) < 4.78 is 36.6. The fourth-order valence-corrected chi connectivity index (χ4v) is 2.97. The highest BCUT2D eigenvalue weighted by atomic mass is 79.9. The van der Waals surface area contributed by atoms with Crippen molar-refractivity contribution >= 4 is 32.0 Å². The Balaban J connectivity index is 2.31. The van der Waals surface area contributed by atoms with Gasteiger partial charge in [-0.1, -0.05) is 5.16 Å². The number of sulfonamides is 1. The first-order valence-electron chi connectivity index (χ1n) is 5.09. The number of rotatable bonds is 4. The summed E-state index contributed by atoms with van der Waals surface area (Å²) in [6.45, 7) is 1.59. The second kappa shape index (κ2) is 5.17. The van der Waals surface area contributed by atoms with Gasteiger partial charge in [0.2, 0.25) is 0 Å². The lowest BCUT2D eigenvalue weighted by molar-refractivity contribution is 0.411.